The molecular formula is C7H10N6. The summed E-state index contributed by atoms with van der Waals surface area (Å²) in [7, 11) is 1.88. The van der Waals surface area contributed by atoms with Gasteiger partial charge in [-0.15, -0.1) is 0 Å². The van der Waals surface area contributed by atoms with Crippen molar-refractivity contribution in [2.75, 3.05) is 11.6 Å². The van der Waals surface area contributed by atoms with Crippen LogP contribution in [0.4, 0.5) is 5.82 Å². The molecule has 0 bridgehead atoms. The predicted molar refractivity (Wildman–Crippen MR) is 49.0 cm³/mol. The molecule has 0 atom stereocenters. The van der Waals surface area contributed by atoms with Crippen molar-refractivity contribution in [3.05, 3.63) is 18.9 Å². The highest BCUT2D eigenvalue weighted by Crippen LogP contribution is 2.19. The van der Waals surface area contributed by atoms with Crippen molar-refractivity contribution in [2.24, 2.45) is 7.05 Å². The molecule has 0 amide bonds. The number of nitrogens with two attached hydrogens (primary N) is 2. The third-order valence-electron chi connectivity index (χ3n) is 1.78. The summed E-state index contributed by atoms with van der Waals surface area (Å²) in [5, 5.41) is 0. The Morgan fingerprint density at radius 1 is 1.31 bits per heavy atom. The molecule has 2 heterocycles. The second kappa shape index (κ2) is 2.51. The van der Waals surface area contributed by atoms with Crippen molar-refractivity contribution in [3.63, 3.8) is 0 Å². The minimum atomic E-state index is 0.415. The Labute approximate surface area is 74.8 Å². The second-order valence-corrected chi connectivity index (χ2v) is 2.81. The number of rotatable bonds is 1. The first-order valence-corrected chi connectivity index (χ1v) is 3.74. The number of aryl methyl sites for hydroxylation is 1. The maximum absolute atomic E-state index is 5.67. The lowest BCUT2D eigenvalue weighted by Crippen LogP contribution is -2.09. The quantitative estimate of drug-likeness (QED) is 0.580. The van der Waals surface area contributed by atoms with Gasteiger partial charge in [0.2, 0.25) is 0 Å². The fourth-order valence-electron chi connectivity index (χ4n) is 1.10. The van der Waals surface area contributed by atoms with Crippen LogP contribution in [0.3, 0.4) is 0 Å². The van der Waals surface area contributed by atoms with Crippen LogP contribution in [0.5, 0.6) is 0 Å². The molecule has 0 radical (unpaired) electrons. The minimum absolute atomic E-state index is 0.415. The van der Waals surface area contributed by atoms with Gasteiger partial charge in [0.1, 0.15) is 17.7 Å². The highest BCUT2D eigenvalue weighted by molar-refractivity contribution is 5.66. The van der Waals surface area contributed by atoms with Gasteiger partial charge in [0.05, 0.1) is 6.33 Å². The van der Waals surface area contributed by atoms with Gasteiger partial charge in [-0.2, -0.15) is 0 Å². The molecule has 0 aliphatic rings. The van der Waals surface area contributed by atoms with Crippen LogP contribution in [0.1, 0.15) is 0 Å². The average molecular weight is 178 g/mol. The Morgan fingerprint density at radius 3 is 2.54 bits per heavy atom. The molecule has 68 valence electrons. The SMILES string of the molecule is Cn1cnc(-c2ncn(N)c2N)c1. The van der Waals surface area contributed by atoms with E-state index >= 15 is 0 Å². The van der Waals surface area contributed by atoms with E-state index in [0.29, 0.717) is 11.5 Å². The molecule has 0 aromatic carbocycles. The van der Waals surface area contributed by atoms with E-state index in [0.717, 1.165) is 5.69 Å². The molecule has 0 aliphatic heterocycles. The molecule has 0 spiro atoms. The van der Waals surface area contributed by atoms with Crippen LogP contribution in [0.15, 0.2) is 18.9 Å². The smallest absolute Gasteiger partial charge is 0.152 e. The Hall–Kier alpha value is -1.98. The van der Waals surface area contributed by atoms with Gasteiger partial charge in [-0.3, -0.25) is 0 Å². The van der Waals surface area contributed by atoms with Crippen LogP contribution >= 0.6 is 0 Å². The lowest BCUT2D eigenvalue weighted by Gasteiger charge is -1.95. The van der Waals surface area contributed by atoms with Gasteiger partial charge < -0.3 is 16.1 Å². The van der Waals surface area contributed by atoms with E-state index in [1.165, 1.54) is 11.0 Å². The summed E-state index contributed by atoms with van der Waals surface area (Å²) >= 11 is 0. The molecule has 0 unspecified atom stereocenters. The molecule has 0 saturated carbocycles. The van der Waals surface area contributed by atoms with Crippen LogP contribution in [0.25, 0.3) is 11.4 Å². The normalized spacial score (nSPS) is 10.5. The molecule has 2 aromatic rings. The first-order valence-electron chi connectivity index (χ1n) is 3.74. The fourth-order valence-corrected chi connectivity index (χ4v) is 1.10. The molecule has 2 aromatic heterocycles. The minimum Gasteiger partial charge on any atom is -0.382 e. The van der Waals surface area contributed by atoms with E-state index in [1.807, 2.05) is 17.8 Å². The Bertz CT molecular complexity index is 426. The Kier molecular flexibility index (Phi) is 1.48. The van der Waals surface area contributed by atoms with E-state index in [2.05, 4.69) is 9.97 Å². The summed E-state index contributed by atoms with van der Waals surface area (Å²) < 4.78 is 3.09. The molecule has 0 fully saturated rings. The number of aromatic nitrogens is 4. The number of hydrogen-bond acceptors (Lipinski definition) is 4. The topological polar surface area (TPSA) is 87.7 Å². The van der Waals surface area contributed by atoms with E-state index in [4.69, 9.17) is 11.6 Å². The molecule has 0 saturated heterocycles. The van der Waals surface area contributed by atoms with Crippen LogP contribution in [-0.4, -0.2) is 19.2 Å². The number of nitrogens with zero attached hydrogens (tertiary/aromatic N) is 4. The van der Waals surface area contributed by atoms with Crippen molar-refractivity contribution < 1.29 is 0 Å². The molecule has 13 heavy (non-hydrogen) atoms. The summed E-state index contributed by atoms with van der Waals surface area (Å²) in [4.78, 5) is 8.15. The van der Waals surface area contributed by atoms with Crippen molar-refractivity contribution in [1.82, 2.24) is 19.2 Å². The number of imidazole rings is 2. The Balaban J connectivity index is 2.52. The average Bonchev–Trinajstić information content (AvgIpc) is 2.62. The highest BCUT2D eigenvalue weighted by Gasteiger charge is 2.09. The van der Waals surface area contributed by atoms with Crippen LogP contribution in [-0.2, 0) is 7.05 Å². The lowest BCUT2D eigenvalue weighted by molar-refractivity contribution is 0.913. The van der Waals surface area contributed by atoms with Gasteiger partial charge in [-0.1, -0.05) is 0 Å². The highest BCUT2D eigenvalue weighted by atomic mass is 15.3. The fraction of sp³-hybridized carbons (Fsp3) is 0.143. The van der Waals surface area contributed by atoms with E-state index in [9.17, 15) is 0 Å². The van der Waals surface area contributed by atoms with E-state index in [1.54, 1.807) is 6.33 Å². The maximum atomic E-state index is 5.67. The third-order valence-corrected chi connectivity index (χ3v) is 1.78. The van der Waals surface area contributed by atoms with E-state index in [-0.39, 0.29) is 0 Å². The second-order valence-electron chi connectivity index (χ2n) is 2.81. The van der Waals surface area contributed by atoms with Crippen molar-refractivity contribution in [2.45, 2.75) is 0 Å². The first kappa shape index (κ1) is 7.66. The van der Waals surface area contributed by atoms with E-state index < -0.39 is 0 Å². The molecular weight excluding hydrogens is 168 g/mol. The standard InChI is InChI=1S/C7H10N6/c1-12-2-5(10-3-12)6-7(8)13(9)4-11-6/h2-4H,8-9H2,1H3. The van der Waals surface area contributed by atoms with Crippen LogP contribution in [0, 0.1) is 0 Å². The zero-order valence-electron chi connectivity index (χ0n) is 7.18. The lowest BCUT2D eigenvalue weighted by atomic mass is 10.3. The molecule has 6 nitrogen and oxygen atoms in total. The van der Waals surface area contributed by atoms with Crippen LogP contribution < -0.4 is 11.6 Å². The summed E-state index contributed by atoms with van der Waals surface area (Å²) in [6.07, 6.45) is 4.97. The van der Waals surface area contributed by atoms with Gasteiger partial charge in [-0.25, -0.2) is 14.6 Å². The van der Waals surface area contributed by atoms with Gasteiger partial charge in [0.15, 0.2) is 5.82 Å². The number of hydrogen-bond donors (Lipinski definition) is 2. The maximum Gasteiger partial charge on any atom is 0.152 e. The zero-order valence-corrected chi connectivity index (χ0v) is 7.18. The summed E-state index contributed by atoms with van der Waals surface area (Å²) in [5.74, 6) is 5.89. The summed E-state index contributed by atoms with van der Waals surface area (Å²) in [6.45, 7) is 0. The number of nitrogen functional groups attached to an aromatic ring is 2. The van der Waals surface area contributed by atoms with Crippen molar-refractivity contribution in [3.8, 4) is 11.4 Å². The number of anilines is 1. The van der Waals surface area contributed by atoms with Gasteiger partial charge in [-0.05, 0) is 0 Å². The molecule has 0 aliphatic carbocycles. The van der Waals surface area contributed by atoms with Crippen molar-refractivity contribution >= 4 is 5.82 Å². The van der Waals surface area contributed by atoms with Gasteiger partial charge in [0, 0.05) is 13.2 Å². The Morgan fingerprint density at radius 2 is 2.08 bits per heavy atom. The first-order chi connectivity index (χ1) is 6.18. The van der Waals surface area contributed by atoms with Gasteiger partial charge >= 0.3 is 0 Å². The van der Waals surface area contributed by atoms with Gasteiger partial charge in [0.25, 0.3) is 0 Å². The molecule has 6 heteroatoms. The molecule has 2 rings (SSSR count). The summed E-state index contributed by atoms with van der Waals surface area (Å²) in [5.41, 5.74) is 7.01. The van der Waals surface area contributed by atoms with Crippen molar-refractivity contribution in [1.29, 1.82) is 0 Å². The molecule has 4 N–H and O–H groups in total. The van der Waals surface area contributed by atoms with Crippen LogP contribution in [0.2, 0.25) is 0 Å². The largest absolute Gasteiger partial charge is 0.382 e. The third kappa shape index (κ3) is 1.12. The predicted octanol–water partition coefficient (Wildman–Crippen LogP) is -0.420. The monoisotopic (exact) mass is 178 g/mol. The summed E-state index contributed by atoms with van der Waals surface area (Å²) in [6, 6.07) is 0. The zero-order chi connectivity index (χ0) is 9.42.